The van der Waals surface area contributed by atoms with Crippen LogP contribution in [0.25, 0.3) is 0 Å². The molecule has 2 aromatic carbocycles. The van der Waals surface area contributed by atoms with Gasteiger partial charge in [-0.05, 0) is 0 Å². The standard InChI is InChI=1S/2C7H4N2O6.C6H14N2/c2*10-7(11)4-1-5(8(12)13)3-6(2-4)9(14)15;1-7-3-5-8(2)6-4-7/h2*1-3H,(H,10,11);3-6H2,1-2H3. The molecule has 1 heterocycles. The van der Waals surface area contributed by atoms with Crippen LogP contribution in [0.5, 0.6) is 0 Å². The van der Waals surface area contributed by atoms with Crippen molar-refractivity contribution in [2.24, 2.45) is 0 Å². The molecule has 0 spiro atoms. The first-order valence-electron chi connectivity index (χ1n) is 10.5. The zero-order valence-electron chi connectivity index (χ0n) is 20.0. The molecular formula is C20H22N6O12. The van der Waals surface area contributed by atoms with Crippen molar-refractivity contribution in [3.05, 3.63) is 88.0 Å². The van der Waals surface area contributed by atoms with Crippen LogP contribution in [0, 0.1) is 40.5 Å². The predicted molar refractivity (Wildman–Crippen MR) is 121 cm³/mol. The maximum Gasteiger partial charge on any atom is 0.276 e. The first kappa shape index (κ1) is 30.9. The van der Waals surface area contributed by atoms with E-state index in [1.165, 1.54) is 26.2 Å². The number of carboxylic acids is 2. The molecular weight excluding hydrogens is 516 g/mol. The summed E-state index contributed by atoms with van der Waals surface area (Å²) < 4.78 is 0. The Morgan fingerprint density at radius 2 is 0.763 bits per heavy atom. The van der Waals surface area contributed by atoms with E-state index in [2.05, 4.69) is 14.1 Å². The number of nitrogens with one attached hydrogen (secondary N) is 2. The van der Waals surface area contributed by atoms with E-state index < -0.39 is 65.5 Å². The number of likely N-dealkylation sites (N-methyl/N-ethyl adjacent to an activating group) is 2. The lowest BCUT2D eigenvalue weighted by atomic mass is 10.2. The normalized spacial score (nSPS) is 15.9. The molecule has 0 saturated carbocycles. The van der Waals surface area contributed by atoms with Crippen LogP contribution in [0.4, 0.5) is 22.7 Å². The summed E-state index contributed by atoms with van der Waals surface area (Å²) in [7, 11) is 4.54. The molecule has 18 heteroatoms. The highest BCUT2D eigenvalue weighted by Crippen LogP contribution is 2.23. The smallest absolute Gasteiger partial charge is 0.276 e. The van der Waals surface area contributed by atoms with Gasteiger partial charge in [-0.3, -0.25) is 40.5 Å². The first-order valence-corrected chi connectivity index (χ1v) is 10.5. The molecule has 38 heavy (non-hydrogen) atoms. The number of carbonyl (C=O) groups excluding carboxylic acids is 2. The van der Waals surface area contributed by atoms with Crippen LogP contribution >= 0.6 is 0 Å². The molecule has 2 aromatic rings. The van der Waals surface area contributed by atoms with E-state index in [1.807, 2.05) is 0 Å². The second kappa shape index (κ2) is 13.8. The zero-order valence-corrected chi connectivity index (χ0v) is 20.0. The molecule has 2 N–H and O–H groups in total. The Morgan fingerprint density at radius 3 is 0.921 bits per heavy atom. The van der Waals surface area contributed by atoms with E-state index in [1.54, 1.807) is 9.80 Å². The number of piperazine rings is 1. The molecule has 0 aromatic heterocycles. The second-order valence-electron chi connectivity index (χ2n) is 7.99. The van der Waals surface area contributed by atoms with Gasteiger partial charge in [-0.2, -0.15) is 0 Å². The van der Waals surface area contributed by atoms with Gasteiger partial charge in [0.2, 0.25) is 0 Å². The molecule has 1 saturated heterocycles. The summed E-state index contributed by atoms with van der Waals surface area (Å²) in [4.78, 5) is 61.8. The van der Waals surface area contributed by atoms with Crippen LogP contribution in [0.2, 0.25) is 0 Å². The third-order valence-corrected chi connectivity index (χ3v) is 5.08. The van der Waals surface area contributed by atoms with Gasteiger partial charge < -0.3 is 29.6 Å². The van der Waals surface area contributed by atoms with Crippen LogP contribution in [0.3, 0.4) is 0 Å². The van der Waals surface area contributed by atoms with E-state index in [-0.39, 0.29) is 0 Å². The molecule has 0 radical (unpaired) electrons. The van der Waals surface area contributed by atoms with Crippen molar-refractivity contribution in [2.45, 2.75) is 0 Å². The highest BCUT2D eigenvalue weighted by molar-refractivity contribution is 5.88. The van der Waals surface area contributed by atoms with Gasteiger partial charge in [-0.15, -0.1) is 0 Å². The lowest BCUT2D eigenvalue weighted by Crippen LogP contribution is -3.25. The van der Waals surface area contributed by atoms with E-state index in [0.29, 0.717) is 36.4 Å². The Bertz CT molecular complexity index is 989. The number of rotatable bonds is 6. The van der Waals surface area contributed by atoms with Gasteiger partial charge in [-0.1, -0.05) is 0 Å². The Morgan fingerprint density at radius 1 is 0.553 bits per heavy atom. The summed E-state index contributed by atoms with van der Waals surface area (Å²) >= 11 is 0. The van der Waals surface area contributed by atoms with Gasteiger partial charge in [-0.25, -0.2) is 0 Å². The van der Waals surface area contributed by atoms with E-state index in [0.717, 1.165) is 0 Å². The molecule has 0 bridgehead atoms. The number of carboxylic acid groups (broad SMARTS) is 2. The molecule has 0 atom stereocenters. The van der Waals surface area contributed by atoms with Crippen molar-refractivity contribution in [1.82, 2.24) is 0 Å². The lowest BCUT2D eigenvalue weighted by molar-refractivity contribution is -0.994. The Kier molecular flexibility index (Phi) is 11.3. The number of hydrogen-bond acceptors (Lipinski definition) is 12. The maximum absolute atomic E-state index is 10.4. The third-order valence-electron chi connectivity index (χ3n) is 5.08. The quantitative estimate of drug-likeness (QED) is 0.271. The average molecular weight is 538 g/mol. The molecule has 1 aliphatic rings. The summed E-state index contributed by atoms with van der Waals surface area (Å²) in [6, 6.07) is 4.13. The van der Waals surface area contributed by atoms with Crippen molar-refractivity contribution in [3.8, 4) is 0 Å². The van der Waals surface area contributed by atoms with Gasteiger partial charge in [0, 0.05) is 35.4 Å². The minimum Gasteiger partial charge on any atom is -0.545 e. The zero-order chi connectivity index (χ0) is 29.2. The number of nitro groups is 4. The van der Waals surface area contributed by atoms with Crippen molar-refractivity contribution >= 4 is 34.7 Å². The number of quaternary nitrogens is 2. The Hall–Kier alpha value is -5.10. The minimum absolute atomic E-state index is 0.601. The van der Waals surface area contributed by atoms with Crippen LogP contribution in [0.15, 0.2) is 36.4 Å². The van der Waals surface area contributed by atoms with Crippen LogP contribution in [-0.4, -0.2) is 71.9 Å². The first-order chi connectivity index (χ1) is 17.6. The summed E-state index contributed by atoms with van der Waals surface area (Å²) in [6.07, 6.45) is 0. The Labute approximate surface area is 212 Å². The monoisotopic (exact) mass is 538 g/mol. The number of nitro benzene ring substituents is 4. The van der Waals surface area contributed by atoms with Crippen LogP contribution in [-0.2, 0) is 0 Å². The van der Waals surface area contributed by atoms with Crippen molar-refractivity contribution in [2.75, 3.05) is 40.3 Å². The summed E-state index contributed by atoms with van der Waals surface area (Å²) in [5.41, 5.74) is -3.86. The van der Waals surface area contributed by atoms with Gasteiger partial charge >= 0.3 is 0 Å². The Balaban J connectivity index is 0.000000298. The topological polar surface area (TPSA) is 262 Å². The molecule has 3 rings (SSSR count). The fraction of sp³-hybridized carbons (Fsp3) is 0.300. The van der Waals surface area contributed by atoms with Gasteiger partial charge in [0.05, 0.1) is 57.9 Å². The van der Waals surface area contributed by atoms with Gasteiger partial charge in [0.1, 0.15) is 26.2 Å². The summed E-state index contributed by atoms with van der Waals surface area (Å²) in [6.45, 7) is 5.41. The fourth-order valence-corrected chi connectivity index (χ4v) is 2.95. The van der Waals surface area contributed by atoms with E-state index in [9.17, 15) is 60.3 Å². The highest BCUT2D eigenvalue weighted by atomic mass is 16.6. The molecule has 1 aliphatic heterocycles. The number of nitrogens with zero attached hydrogens (tertiary/aromatic N) is 4. The van der Waals surface area contributed by atoms with Gasteiger partial charge in [0.25, 0.3) is 22.7 Å². The van der Waals surface area contributed by atoms with E-state index in [4.69, 9.17) is 0 Å². The molecule has 18 nitrogen and oxygen atoms in total. The van der Waals surface area contributed by atoms with Gasteiger partial charge in [0.15, 0.2) is 0 Å². The maximum atomic E-state index is 10.4. The summed E-state index contributed by atoms with van der Waals surface area (Å²) in [5, 5.41) is 62.1. The number of hydrogen-bond donors (Lipinski definition) is 2. The number of non-ortho nitro benzene ring substituents is 4. The summed E-state index contributed by atoms with van der Waals surface area (Å²) in [5.74, 6) is -3.41. The number of benzene rings is 2. The molecule has 1 fully saturated rings. The number of carbonyl (C=O) groups is 2. The lowest BCUT2D eigenvalue weighted by Gasteiger charge is -2.23. The van der Waals surface area contributed by atoms with Crippen LogP contribution < -0.4 is 20.0 Å². The third kappa shape index (κ3) is 9.87. The highest BCUT2D eigenvalue weighted by Gasteiger charge is 2.18. The minimum atomic E-state index is -1.71. The van der Waals surface area contributed by atoms with Crippen LogP contribution in [0.1, 0.15) is 20.7 Å². The number of aromatic carboxylic acids is 2. The molecule has 204 valence electrons. The molecule has 0 amide bonds. The van der Waals surface area contributed by atoms with E-state index >= 15 is 0 Å². The predicted octanol–water partition coefficient (Wildman–Crippen LogP) is -3.24. The largest absolute Gasteiger partial charge is 0.545 e. The van der Waals surface area contributed by atoms with Crippen molar-refractivity contribution in [3.63, 3.8) is 0 Å². The fourth-order valence-electron chi connectivity index (χ4n) is 2.95. The molecule has 0 aliphatic carbocycles. The van der Waals surface area contributed by atoms with Crippen molar-refractivity contribution < 1.29 is 49.3 Å². The molecule has 0 unspecified atom stereocenters. The second-order valence-corrected chi connectivity index (χ2v) is 7.99. The average Bonchev–Trinajstić information content (AvgIpc) is 2.85. The van der Waals surface area contributed by atoms with Crippen molar-refractivity contribution in [1.29, 1.82) is 0 Å². The SMILES string of the molecule is C[NH+]1CC[NH+](C)CC1.O=C([O-])c1cc([N+](=O)[O-])cc([N+](=O)[O-])c1.O=C([O-])c1cc([N+](=O)[O-])cc([N+](=O)[O-])c1.